The van der Waals surface area contributed by atoms with Crippen molar-refractivity contribution < 1.29 is 0 Å². The lowest BCUT2D eigenvalue weighted by molar-refractivity contribution is 1.15. The van der Waals surface area contributed by atoms with Gasteiger partial charge in [0.2, 0.25) is 0 Å². The monoisotopic (exact) mass is 184 g/mol. The van der Waals surface area contributed by atoms with Crippen LogP contribution in [0.15, 0.2) is 30.6 Å². The fourth-order valence-corrected chi connectivity index (χ4v) is 1.17. The van der Waals surface area contributed by atoms with E-state index in [1.54, 1.807) is 12.4 Å². The van der Waals surface area contributed by atoms with Crippen LogP contribution in [-0.2, 0) is 6.42 Å². The van der Waals surface area contributed by atoms with Gasteiger partial charge in [0.05, 0.1) is 12.5 Å². The van der Waals surface area contributed by atoms with Crippen LogP contribution in [0.3, 0.4) is 0 Å². The molecule has 0 aliphatic carbocycles. The van der Waals surface area contributed by atoms with Gasteiger partial charge in [-0.05, 0) is 12.1 Å². The molecule has 1 N–H and O–H groups in total. The molecular weight excluding hydrogens is 176 g/mol. The van der Waals surface area contributed by atoms with Crippen LogP contribution in [0.4, 0.5) is 0 Å². The van der Waals surface area contributed by atoms with Crippen LogP contribution >= 0.6 is 0 Å². The summed E-state index contributed by atoms with van der Waals surface area (Å²) < 4.78 is 0. The lowest BCUT2D eigenvalue weighted by Crippen LogP contribution is -1.85. The number of nitrogens with one attached hydrogen (secondary N) is 1. The average Bonchev–Trinajstić information content (AvgIpc) is 2.68. The van der Waals surface area contributed by atoms with Gasteiger partial charge in [0.1, 0.15) is 5.69 Å². The molecule has 14 heavy (non-hydrogen) atoms. The third-order valence-corrected chi connectivity index (χ3v) is 1.81. The van der Waals surface area contributed by atoms with Gasteiger partial charge in [-0.25, -0.2) is 4.98 Å². The van der Waals surface area contributed by atoms with Gasteiger partial charge < -0.3 is 4.98 Å². The molecule has 0 unspecified atom stereocenters. The quantitative estimate of drug-likeness (QED) is 0.769. The normalized spacial score (nSPS) is 9.64. The molecule has 0 saturated heterocycles. The molecular formula is C10H8N4. The third-order valence-electron chi connectivity index (χ3n) is 1.81. The van der Waals surface area contributed by atoms with Crippen molar-refractivity contribution >= 4 is 0 Å². The lowest BCUT2D eigenvalue weighted by atomic mass is 10.3. The smallest absolute Gasteiger partial charge is 0.156 e. The van der Waals surface area contributed by atoms with Crippen LogP contribution in [-0.4, -0.2) is 15.0 Å². The number of nitrogens with zero attached hydrogens (tertiary/aromatic N) is 3. The van der Waals surface area contributed by atoms with Crippen LogP contribution < -0.4 is 0 Å². The molecule has 68 valence electrons. The van der Waals surface area contributed by atoms with Crippen LogP contribution in [0.1, 0.15) is 5.69 Å². The Balaban J connectivity index is 2.31. The molecule has 0 aliphatic heterocycles. The number of H-pyrrole nitrogens is 1. The number of rotatable bonds is 2. The summed E-state index contributed by atoms with van der Waals surface area (Å²) >= 11 is 0. The predicted octanol–water partition coefficient (Wildman–Crippen LogP) is 1.54. The van der Waals surface area contributed by atoms with Crippen molar-refractivity contribution in [1.82, 2.24) is 15.0 Å². The minimum absolute atomic E-state index is 0.347. The first-order chi connectivity index (χ1) is 6.90. The maximum absolute atomic E-state index is 8.49. The summed E-state index contributed by atoms with van der Waals surface area (Å²) in [7, 11) is 0. The number of aromatic amines is 1. The van der Waals surface area contributed by atoms with E-state index < -0.39 is 0 Å². The van der Waals surface area contributed by atoms with E-state index in [0.29, 0.717) is 12.2 Å². The van der Waals surface area contributed by atoms with Crippen LogP contribution in [0, 0.1) is 11.3 Å². The first kappa shape index (κ1) is 8.45. The standard InChI is InChI=1S/C10H8N4/c11-5-4-8-7-13-10(14-8)9-3-1-2-6-12-9/h1-3,6-7H,4H2,(H,13,14). The first-order valence-electron chi connectivity index (χ1n) is 4.22. The molecule has 2 aromatic heterocycles. The highest BCUT2D eigenvalue weighted by Crippen LogP contribution is 2.11. The molecule has 4 heteroatoms. The van der Waals surface area contributed by atoms with E-state index in [4.69, 9.17) is 5.26 Å². The summed E-state index contributed by atoms with van der Waals surface area (Å²) in [5.41, 5.74) is 1.60. The highest BCUT2D eigenvalue weighted by atomic mass is 14.9. The second-order valence-electron chi connectivity index (χ2n) is 2.81. The largest absolute Gasteiger partial charge is 0.340 e. The van der Waals surface area contributed by atoms with Gasteiger partial charge in [-0.2, -0.15) is 5.26 Å². The Morgan fingerprint density at radius 1 is 1.36 bits per heavy atom. The highest BCUT2D eigenvalue weighted by Gasteiger charge is 2.02. The third kappa shape index (κ3) is 1.62. The van der Waals surface area contributed by atoms with Crippen LogP contribution in [0.5, 0.6) is 0 Å². The highest BCUT2D eigenvalue weighted by molar-refractivity contribution is 5.48. The van der Waals surface area contributed by atoms with Gasteiger partial charge in [0.25, 0.3) is 0 Å². The summed E-state index contributed by atoms with van der Waals surface area (Å²) in [5.74, 6) is 0.704. The molecule has 4 nitrogen and oxygen atoms in total. The van der Waals surface area contributed by atoms with E-state index in [2.05, 4.69) is 21.0 Å². The molecule has 2 heterocycles. The van der Waals surface area contributed by atoms with Crippen molar-refractivity contribution in [3.05, 3.63) is 36.3 Å². The maximum atomic E-state index is 8.49. The molecule has 2 rings (SSSR count). The minimum Gasteiger partial charge on any atom is -0.340 e. The van der Waals surface area contributed by atoms with Gasteiger partial charge in [0, 0.05) is 18.1 Å². The fraction of sp³-hybridized carbons (Fsp3) is 0.100. The van der Waals surface area contributed by atoms with Crippen molar-refractivity contribution in [1.29, 1.82) is 5.26 Å². The molecule has 0 bridgehead atoms. The molecule has 2 aromatic rings. The first-order valence-corrected chi connectivity index (χ1v) is 4.22. The second kappa shape index (κ2) is 3.71. The minimum atomic E-state index is 0.347. The topological polar surface area (TPSA) is 65.4 Å². The van der Waals surface area contributed by atoms with E-state index in [1.807, 2.05) is 18.2 Å². The van der Waals surface area contributed by atoms with E-state index in [0.717, 1.165) is 11.4 Å². The second-order valence-corrected chi connectivity index (χ2v) is 2.81. The van der Waals surface area contributed by atoms with Gasteiger partial charge in [-0.15, -0.1) is 0 Å². The SMILES string of the molecule is N#CCc1cnc(-c2ccccn2)[nH]1. The Hall–Kier alpha value is -2.15. The van der Waals surface area contributed by atoms with E-state index in [-0.39, 0.29) is 0 Å². The summed E-state index contributed by atoms with van der Waals surface area (Å²) in [4.78, 5) is 11.3. The summed E-state index contributed by atoms with van der Waals surface area (Å²) in [5, 5.41) is 8.49. The number of pyridine rings is 1. The van der Waals surface area contributed by atoms with Gasteiger partial charge in [-0.3, -0.25) is 4.98 Å². The molecule has 0 saturated carbocycles. The maximum Gasteiger partial charge on any atom is 0.156 e. The Bertz CT molecular complexity index is 452. The number of hydrogen-bond donors (Lipinski definition) is 1. The Kier molecular flexibility index (Phi) is 2.24. The van der Waals surface area contributed by atoms with Crippen molar-refractivity contribution in [3.63, 3.8) is 0 Å². The van der Waals surface area contributed by atoms with E-state index >= 15 is 0 Å². The summed E-state index contributed by atoms with van der Waals surface area (Å²) in [6.45, 7) is 0. The average molecular weight is 184 g/mol. The predicted molar refractivity (Wildman–Crippen MR) is 51.1 cm³/mol. The van der Waals surface area contributed by atoms with Gasteiger partial charge >= 0.3 is 0 Å². The molecule has 0 atom stereocenters. The van der Waals surface area contributed by atoms with Gasteiger partial charge in [0.15, 0.2) is 5.82 Å². The van der Waals surface area contributed by atoms with E-state index in [9.17, 15) is 0 Å². The van der Waals surface area contributed by atoms with Gasteiger partial charge in [-0.1, -0.05) is 6.07 Å². The summed E-state index contributed by atoms with van der Waals surface area (Å²) in [6, 6.07) is 7.67. The Morgan fingerprint density at radius 2 is 2.29 bits per heavy atom. The molecule has 0 amide bonds. The molecule has 0 radical (unpaired) electrons. The number of nitriles is 1. The fourth-order valence-electron chi connectivity index (χ4n) is 1.17. The van der Waals surface area contributed by atoms with Crippen molar-refractivity contribution in [2.75, 3.05) is 0 Å². The molecule has 0 aliphatic rings. The Morgan fingerprint density at radius 3 is 3.00 bits per heavy atom. The summed E-state index contributed by atoms with van der Waals surface area (Å²) in [6.07, 6.45) is 3.72. The zero-order valence-corrected chi connectivity index (χ0v) is 7.44. The van der Waals surface area contributed by atoms with Crippen LogP contribution in [0.25, 0.3) is 11.5 Å². The number of hydrogen-bond acceptors (Lipinski definition) is 3. The molecule has 0 fully saturated rings. The zero-order valence-electron chi connectivity index (χ0n) is 7.44. The van der Waals surface area contributed by atoms with Crippen molar-refractivity contribution in [2.24, 2.45) is 0 Å². The van der Waals surface area contributed by atoms with Crippen LogP contribution in [0.2, 0.25) is 0 Å². The van der Waals surface area contributed by atoms with Crippen molar-refractivity contribution in [3.8, 4) is 17.6 Å². The number of imidazole rings is 1. The van der Waals surface area contributed by atoms with E-state index in [1.165, 1.54) is 0 Å². The Labute approximate surface area is 81.3 Å². The number of aromatic nitrogens is 3. The zero-order chi connectivity index (χ0) is 9.80. The van der Waals surface area contributed by atoms with Crippen molar-refractivity contribution in [2.45, 2.75) is 6.42 Å². The lowest BCUT2D eigenvalue weighted by Gasteiger charge is -1.92. The molecule has 0 spiro atoms. The molecule has 0 aromatic carbocycles.